The lowest BCUT2D eigenvalue weighted by Crippen LogP contribution is -2.22. The Morgan fingerprint density at radius 3 is 2.81 bits per heavy atom. The van der Waals surface area contributed by atoms with E-state index in [0.29, 0.717) is 13.2 Å². The first-order valence-electron chi connectivity index (χ1n) is 6.16. The van der Waals surface area contributed by atoms with Gasteiger partial charge in [0, 0.05) is 32.0 Å². The average molecular weight is 301 g/mol. The molecule has 0 radical (unpaired) electrons. The third-order valence-corrected chi connectivity index (χ3v) is 2.69. The first kappa shape index (κ1) is 15.4. The Kier molecular flexibility index (Phi) is 4.86. The van der Waals surface area contributed by atoms with Crippen molar-refractivity contribution in [3.05, 3.63) is 35.8 Å². The maximum atomic E-state index is 13.2. The van der Waals surface area contributed by atoms with Crippen molar-refractivity contribution in [2.24, 2.45) is 0 Å². The number of methoxy groups -OCH3 is 1. The summed E-state index contributed by atoms with van der Waals surface area (Å²) in [6, 6.07) is 2.91. The minimum Gasteiger partial charge on any atom is -0.383 e. The molecule has 0 aromatic carbocycles. The largest absolute Gasteiger partial charge is 0.433 e. The smallest absolute Gasteiger partial charge is 0.383 e. The van der Waals surface area contributed by atoms with Gasteiger partial charge in [-0.15, -0.1) is 5.10 Å². The second-order valence-corrected chi connectivity index (χ2v) is 4.18. The zero-order chi connectivity index (χ0) is 15.3. The summed E-state index contributed by atoms with van der Waals surface area (Å²) in [5.41, 5.74) is -0.808. The van der Waals surface area contributed by atoms with Crippen LogP contribution in [0.3, 0.4) is 0 Å². The van der Waals surface area contributed by atoms with Crippen LogP contribution in [0, 0.1) is 0 Å². The molecule has 0 atom stereocenters. The van der Waals surface area contributed by atoms with Crippen molar-refractivity contribution in [2.45, 2.75) is 12.7 Å². The first-order valence-corrected chi connectivity index (χ1v) is 6.16. The van der Waals surface area contributed by atoms with Gasteiger partial charge in [-0.2, -0.15) is 23.4 Å². The number of ether oxygens (including phenoxy) is 1. The molecule has 2 aromatic heterocycles. The lowest BCUT2D eigenvalue weighted by molar-refractivity contribution is -0.143. The summed E-state index contributed by atoms with van der Waals surface area (Å²) < 4.78 is 45.3. The Balaban J connectivity index is 2.28. The van der Waals surface area contributed by atoms with Gasteiger partial charge in [-0.05, 0) is 12.1 Å². The predicted molar refractivity (Wildman–Crippen MR) is 67.7 cm³/mol. The number of rotatable bonds is 6. The summed E-state index contributed by atoms with van der Waals surface area (Å²) in [4.78, 5) is 0. The van der Waals surface area contributed by atoms with Crippen LogP contribution in [0.1, 0.15) is 11.3 Å². The molecule has 114 valence electrons. The highest BCUT2D eigenvalue weighted by molar-refractivity contribution is 5.29. The van der Waals surface area contributed by atoms with Crippen LogP contribution in [0.5, 0.6) is 0 Å². The van der Waals surface area contributed by atoms with Crippen molar-refractivity contribution >= 4 is 0 Å². The molecule has 2 aromatic rings. The minimum absolute atomic E-state index is 0.0213. The predicted octanol–water partition coefficient (Wildman–Crippen LogP) is 1.42. The van der Waals surface area contributed by atoms with E-state index < -0.39 is 11.9 Å². The summed E-state index contributed by atoms with van der Waals surface area (Å²) in [5, 5.41) is 13.9. The van der Waals surface area contributed by atoms with Gasteiger partial charge >= 0.3 is 6.18 Å². The lowest BCUT2D eigenvalue weighted by Gasteiger charge is -2.12. The fourth-order valence-corrected chi connectivity index (χ4v) is 1.79. The highest BCUT2D eigenvalue weighted by atomic mass is 19.4. The maximum Gasteiger partial charge on any atom is 0.433 e. The molecule has 2 heterocycles. The molecule has 0 aliphatic heterocycles. The monoisotopic (exact) mass is 301 g/mol. The number of nitrogens with zero attached hydrogens (tertiary/aromatic N) is 4. The molecule has 9 heteroatoms. The molecule has 0 saturated carbocycles. The molecular weight excluding hydrogens is 287 g/mol. The van der Waals surface area contributed by atoms with Crippen molar-refractivity contribution in [3.63, 3.8) is 0 Å². The van der Waals surface area contributed by atoms with Gasteiger partial charge in [-0.3, -0.25) is 0 Å². The van der Waals surface area contributed by atoms with E-state index in [0.717, 1.165) is 4.68 Å². The third-order valence-electron chi connectivity index (χ3n) is 2.69. The normalized spacial score (nSPS) is 11.8. The van der Waals surface area contributed by atoms with Crippen molar-refractivity contribution in [3.8, 4) is 5.82 Å². The lowest BCUT2D eigenvalue weighted by atomic mass is 10.2. The molecule has 0 bridgehead atoms. The topological polar surface area (TPSA) is 64.9 Å². The molecule has 0 spiro atoms. The van der Waals surface area contributed by atoms with Gasteiger partial charge < -0.3 is 10.1 Å². The van der Waals surface area contributed by atoms with E-state index in [1.165, 1.54) is 31.6 Å². The third kappa shape index (κ3) is 3.76. The average Bonchev–Trinajstić information content (AvgIpc) is 2.88. The Morgan fingerprint density at radius 1 is 1.38 bits per heavy atom. The van der Waals surface area contributed by atoms with Crippen LogP contribution in [-0.2, 0) is 17.5 Å². The molecule has 6 nitrogen and oxygen atoms in total. The Hall–Kier alpha value is -2.00. The number of halogens is 3. The quantitative estimate of drug-likeness (QED) is 0.817. The number of hydrogen-bond donors (Lipinski definition) is 1. The van der Waals surface area contributed by atoms with Crippen LogP contribution in [0.15, 0.2) is 24.5 Å². The van der Waals surface area contributed by atoms with Gasteiger partial charge in [0.1, 0.15) is 0 Å². The highest BCUT2D eigenvalue weighted by Crippen LogP contribution is 2.33. The van der Waals surface area contributed by atoms with E-state index in [1.807, 2.05) is 0 Å². The van der Waals surface area contributed by atoms with Gasteiger partial charge in [-0.1, -0.05) is 0 Å². The van der Waals surface area contributed by atoms with Crippen LogP contribution in [0.2, 0.25) is 0 Å². The summed E-state index contributed by atoms with van der Waals surface area (Å²) >= 11 is 0. The van der Waals surface area contributed by atoms with Crippen molar-refractivity contribution < 1.29 is 17.9 Å². The second-order valence-electron chi connectivity index (χ2n) is 4.18. The zero-order valence-corrected chi connectivity index (χ0v) is 11.3. The van der Waals surface area contributed by atoms with Gasteiger partial charge in [0.25, 0.3) is 0 Å². The fraction of sp³-hybridized carbons (Fsp3) is 0.417. The van der Waals surface area contributed by atoms with Gasteiger partial charge in [0.15, 0.2) is 11.5 Å². The van der Waals surface area contributed by atoms with Crippen LogP contribution in [-0.4, -0.2) is 40.2 Å². The van der Waals surface area contributed by atoms with E-state index >= 15 is 0 Å². The molecule has 21 heavy (non-hydrogen) atoms. The summed E-state index contributed by atoms with van der Waals surface area (Å²) in [5.74, 6) is 0.0213. The van der Waals surface area contributed by atoms with Crippen LogP contribution >= 0.6 is 0 Å². The van der Waals surface area contributed by atoms with E-state index in [1.54, 1.807) is 0 Å². The molecule has 0 amide bonds. The minimum atomic E-state index is -4.54. The van der Waals surface area contributed by atoms with E-state index in [-0.39, 0.29) is 17.9 Å². The molecule has 2 rings (SSSR count). The second kappa shape index (κ2) is 6.64. The number of hydrogen-bond acceptors (Lipinski definition) is 5. The Labute approximate surface area is 118 Å². The standard InChI is InChI=1S/C12H14F3N5O/c1-21-6-5-16-7-9-8-18-20(11(9)12(13,14)15)10-3-2-4-17-19-10/h2-4,8,16H,5-7H2,1H3. The van der Waals surface area contributed by atoms with E-state index in [2.05, 4.69) is 20.6 Å². The molecular formula is C12H14F3N5O. The van der Waals surface area contributed by atoms with Gasteiger partial charge in [0.2, 0.25) is 0 Å². The van der Waals surface area contributed by atoms with E-state index in [9.17, 15) is 13.2 Å². The Morgan fingerprint density at radius 2 is 2.19 bits per heavy atom. The van der Waals surface area contributed by atoms with Gasteiger partial charge in [-0.25, -0.2) is 4.68 Å². The molecule has 0 aliphatic carbocycles. The molecule has 0 unspecified atom stereocenters. The van der Waals surface area contributed by atoms with Crippen LogP contribution in [0.4, 0.5) is 13.2 Å². The first-order chi connectivity index (χ1) is 10.0. The van der Waals surface area contributed by atoms with Gasteiger partial charge in [0.05, 0.1) is 12.8 Å². The molecule has 1 N–H and O–H groups in total. The summed E-state index contributed by atoms with van der Waals surface area (Å²) in [6.07, 6.45) is -1.98. The van der Waals surface area contributed by atoms with E-state index in [4.69, 9.17) is 4.74 Å². The highest BCUT2D eigenvalue weighted by Gasteiger charge is 2.38. The molecule has 0 saturated heterocycles. The molecule has 0 aliphatic rings. The fourth-order valence-electron chi connectivity index (χ4n) is 1.79. The van der Waals surface area contributed by atoms with Crippen molar-refractivity contribution in [2.75, 3.05) is 20.3 Å². The van der Waals surface area contributed by atoms with Crippen molar-refractivity contribution in [1.29, 1.82) is 0 Å². The zero-order valence-electron chi connectivity index (χ0n) is 11.3. The maximum absolute atomic E-state index is 13.2. The van der Waals surface area contributed by atoms with Crippen LogP contribution < -0.4 is 5.32 Å². The van der Waals surface area contributed by atoms with Crippen LogP contribution in [0.25, 0.3) is 5.82 Å². The SMILES string of the molecule is COCCNCc1cnn(-c2cccnn2)c1C(F)(F)F. The van der Waals surface area contributed by atoms with Crippen molar-refractivity contribution in [1.82, 2.24) is 25.3 Å². The summed E-state index contributed by atoms with van der Waals surface area (Å²) in [6.45, 7) is 0.905. The number of aromatic nitrogens is 4. The molecule has 0 fully saturated rings. The number of alkyl halides is 3. The number of nitrogens with one attached hydrogen (secondary N) is 1. The Bertz CT molecular complexity index is 570. The summed E-state index contributed by atoms with van der Waals surface area (Å²) in [7, 11) is 1.52.